The number of aromatic nitrogens is 3. The highest BCUT2D eigenvalue weighted by molar-refractivity contribution is 5.99. The third-order valence-electron chi connectivity index (χ3n) is 3.19. The fourth-order valence-corrected chi connectivity index (χ4v) is 2.25. The maximum Gasteiger partial charge on any atom is 0.412 e. The molecule has 1 amide bonds. The molecule has 0 spiro atoms. The van der Waals surface area contributed by atoms with E-state index in [0.717, 1.165) is 18.6 Å². The lowest BCUT2D eigenvalue weighted by Gasteiger charge is -2.19. The largest absolute Gasteiger partial charge is 0.444 e. The van der Waals surface area contributed by atoms with Crippen LogP contribution in [0.1, 0.15) is 39.4 Å². The topological polar surface area (TPSA) is 80.9 Å². The van der Waals surface area contributed by atoms with E-state index in [1.807, 2.05) is 31.2 Å². The van der Waals surface area contributed by atoms with Crippen LogP contribution in [0.4, 0.5) is 10.5 Å². The van der Waals surface area contributed by atoms with E-state index in [9.17, 15) is 4.79 Å². The second-order valence-corrected chi connectivity index (χ2v) is 6.30. The Balaban J connectivity index is 1.87. The van der Waals surface area contributed by atoms with Gasteiger partial charge in [0.2, 0.25) is 0 Å². The number of carbonyl (C=O) groups excluding carboxylic acids is 1. The van der Waals surface area contributed by atoms with Crippen LogP contribution in [-0.4, -0.2) is 32.0 Å². The van der Waals surface area contributed by atoms with Gasteiger partial charge >= 0.3 is 6.09 Å². The van der Waals surface area contributed by atoms with E-state index in [2.05, 4.69) is 20.5 Å². The van der Waals surface area contributed by atoms with Crippen molar-refractivity contribution in [1.29, 1.82) is 0 Å². The molecule has 1 aliphatic heterocycles. The highest BCUT2D eigenvalue weighted by Gasteiger charge is 2.17. The molecule has 0 atom stereocenters. The number of ether oxygens (including phenoxy) is 1. The van der Waals surface area contributed by atoms with Gasteiger partial charge in [-0.2, -0.15) is 0 Å². The maximum atomic E-state index is 11.9. The summed E-state index contributed by atoms with van der Waals surface area (Å²) in [7, 11) is 0. The van der Waals surface area contributed by atoms with Gasteiger partial charge in [0.1, 0.15) is 5.60 Å². The summed E-state index contributed by atoms with van der Waals surface area (Å²) in [5.74, 6) is 0.692. The molecule has 0 fully saturated rings. The molecule has 2 aromatic heterocycles. The van der Waals surface area contributed by atoms with Gasteiger partial charge in [-0.25, -0.2) is 4.79 Å². The Bertz CT molecular complexity index is 798. The first-order chi connectivity index (χ1) is 10.9. The van der Waals surface area contributed by atoms with E-state index in [0.29, 0.717) is 17.2 Å². The predicted octanol–water partition coefficient (Wildman–Crippen LogP) is 3.17. The molecule has 7 heteroatoms. The van der Waals surface area contributed by atoms with Crippen molar-refractivity contribution in [3.63, 3.8) is 0 Å². The molecular weight excluding hydrogens is 294 g/mol. The molecule has 0 unspecified atom stereocenters. The number of aliphatic imine (C=N–C) groups is 1. The first kappa shape index (κ1) is 15.2. The highest BCUT2D eigenvalue weighted by atomic mass is 16.6. The molecule has 120 valence electrons. The Hall–Kier alpha value is -2.70. The van der Waals surface area contributed by atoms with Crippen LogP contribution in [-0.2, 0) is 4.74 Å². The molecule has 0 saturated carbocycles. The summed E-state index contributed by atoms with van der Waals surface area (Å²) in [6, 6.07) is 3.56. The zero-order chi connectivity index (χ0) is 16.4. The normalized spacial score (nSPS) is 14.7. The SMILES string of the molecule is CC(C)(C)OC(=O)Nc1ccc2nnc(C3=NC=CCC3)n2c1. The van der Waals surface area contributed by atoms with Crippen molar-refractivity contribution in [3.05, 3.63) is 36.4 Å². The Labute approximate surface area is 134 Å². The fraction of sp³-hybridized carbons (Fsp3) is 0.375. The minimum Gasteiger partial charge on any atom is -0.444 e. The average Bonchev–Trinajstić information content (AvgIpc) is 2.89. The summed E-state index contributed by atoms with van der Waals surface area (Å²) in [6.07, 6.45) is 6.83. The first-order valence-corrected chi connectivity index (χ1v) is 7.49. The average molecular weight is 313 g/mol. The highest BCUT2D eigenvalue weighted by Crippen LogP contribution is 2.16. The van der Waals surface area contributed by atoms with Crippen molar-refractivity contribution in [2.75, 3.05) is 5.32 Å². The molecule has 1 N–H and O–H groups in total. The first-order valence-electron chi connectivity index (χ1n) is 7.49. The lowest BCUT2D eigenvalue weighted by atomic mass is 10.1. The number of hydrogen-bond donors (Lipinski definition) is 1. The second kappa shape index (κ2) is 5.83. The summed E-state index contributed by atoms with van der Waals surface area (Å²) in [6.45, 7) is 5.47. The van der Waals surface area contributed by atoms with Gasteiger partial charge in [-0.1, -0.05) is 6.08 Å². The van der Waals surface area contributed by atoms with E-state index in [1.54, 1.807) is 24.5 Å². The second-order valence-electron chi connectivity index (χ2n) is 6.30. The van der Waals surface area contributed by atoms with Crippen molar-refractivity contribution < 1.29 is 9.53 Å². The van der Waals surface area contributed by atoms with Crippen molar-refractivity contribution in [1.82, 2.24) is 14.6 Å². The number of rotatable bonds is 2. The Morgan fingerprint density at radius 1 is 1.30 bits per heavy atom. The van der Waals surface area contributed by atoms with Crippen molar-refractivity contribution >= 4 is 23.1 Å². The maximum absolute atomic E-state index is 11.9. The summed E-state index contributed by atoms with van der Waals surface area (Å²) >= 11 is 0. The van der Waals surface area contributed by atoms with Crippen LogP contribution in [0.3, 0.4) is 0 Å². The number of nitrogens with one attached hydrogen (secondary N) is 1. The van der Waals surface area contributed by atoms with E-state index in [1.165, 1.54) is 0 Å². The molecule has 0 bridgehead atoms. The molecule has 23 heavy (non-hydrogen) atoms. The van der Waals surface area contributed by atoms with E-state index in [-0.39, 0.29) is 0 Å². The number of nitrogens with zero attached hydrogens (tertiary/aromatic N) is 4. The monoisotopic (exact) mass is 313 g/mol. The van der Waals surface area contributed by atoms with Crippen molar-refractivity contribution in [3.8, 4) is 0 Å². The van der Waals surface area contributed by atoms with E-state index >= 15 is 0 Å². The Morgan fingerprint density at radius 3 is 2.83 bits per heavy atom. The Morgan fingerprint density at radius 2 is 2.13 bits per heavy atom. The summed E-state index contributed by atoms with van der Waals surface area (Å²) < 4.78 is 7.08. The van der Waals surface area contributed by atoms with Gasteiger partial charge in [-0.15, -0.1) is 10.2 Å². The molecule has 1 aliphatic rings. The fourth-order valence-electron chi connectivity index (χ4n) is 2.25. The molecule has 0 saturated heterocycles. The summed E-state index contributed by atoms with van der Waals surface area (Å²) in [5, 5.41) is 11.1. The predicted molar refractivity (Wildman–Crippen MR) is 87.8 cm³/mol. The van der Waals surface area contributed by atoms with Gasteiger partial charge in [0.05, 0.1) is 11.4 Å². The van der Waals surface area contributed by atoms with Gasteiger partial charge in [0, 0.05) is 12.4 Å². The van der Waals surface area contributed by atoms with Gasteiger partial charge in [-0.05, 0) is 45.7 Å². The van der Waals surface area contributed by atoms with Crippen LogP contribution < -0.4 is 5.32 Å². The van der Waals surface area contributed by atoms with Crippen LogP contribution in [0.15, 0.2) is 35.6 Å². The van der Waals surface area contributed by atoms with Gasteiger partial charge < -0.3 is 4.74 Å². The zero-order valence-corrected chi connectivity index (χ0v) is 13.4. The van der Waals surface area contributed by atoms with Crippen LogP contribution in [0.5, 0.6) is 0 Å². The zero-order valence-electron chi connectivity index (χ0n) is 13.4. The third-order valence-corrected chi connectivity index (χ3v) is 3.19. The van der Waals surface area contributed by atoms with Crippen molar-refractivity contribution in [2.45, 2.75) is 39.2 Å². The van der Waals surface area contributed by atoms with Crippen LogP contribution >= 0.6 is 0 Å². The molecular formula is C16H19N5O2. The molecule has 0 aliphatic carbocycles. The lowest BCUT2D eigenvalue weighted by Crippen LogP contribution is -2.27. The Kier molecular flexibility index (Phi) is 3.85. The molecule has 3 heterocycles. The number of amides is 1. The smallest absolute Gasteiger partial charge is 0.412 e. The standard InChI is InChI=1S/C16H19N5O2/c1-16(2,3)23-15(22)18-11-7-8-13-19-20-14(21(13)10-11)12-6-4-5-9-17-12/h5,7-10H,4,6H2,1-3H3,(H,18,22). The number of pyridine rings is 1. The molecule has 7 nitrogen and oxygen atoms in total. The van der Waals surface area contributed by atoms with Crippen LogP contribution in [0, 0.1) is 0 Å². The van der Waals surface area contributed by atoms with Gasteiger partial charge in [0.25, 0.3) is 0 Å². The molecule has 0 radical (unpaired) electrons. The molecule has 0 aromatic carbocycles. The van der Waals surface area contributed by atoms with Crippen LogP contribution in [0.25, 0.3) is 5.65 Å². The summed E-state index contributed by atoms with van der Waals surface area (Å²) in [4.78, 5) is 16.2. The number of fused-ring (bicyclic) bond motifs is 1. The summed E-state index contributed by atoms with van der Waals surface area (Å²) in [5.41, 5.74) is 1.65. The minimum absolute atomic E-state index is 0.496. The van der Waals surface area contributed by atoms with E-state index < -0.39 is 11.7 Å². The number of anilines is 1. The lowest BCUT2D eigenvalue weighted by molar-refractivity contribution is 0.0636. The molecule has 2 aromatic rings. The third kappa shape index (κ3) is 3.56. The molecule has 3 rings (SSSR count). The quantitative estimate of drug-likeness (QED) is 0.923. The minimum atomic E-state index is -0.543. The van der Waals surface area contributed by atoms with Gasteiger partial charge in [0.15, 0.2) is 11.5 Å². The number of carbonyl (C=O) groups is 1. The van der Waals surface area contributed by atoms with Crippen molar-refractivity contribution in [2.24, 2.45) is 4.99 Å². The van der Waals surface area contributed by atoms with E-state index in [4.69, 9.17) is 4.74 Å². The number of allylic oxidation sites excluding steroid dienone is 1. The number of hydrogen-bond acceptors (Lipinski definition) is 5. The van der Waals surface area contributed by atoms with Crippen LogP contribution in [0.2, 0.25) is 0 Å². The van der Waals surface area contributed by atoms with Gasteiger partial charge in [-0.3, -0.25) is 14.7 Å².